The first-order valence-electron chi connectivity index (χ1n) is 7.44. The van der Waals surface area contributed by atoms with E-state index < -0.39 is 0 Å². The van der Waals surface area contributed by atoms with Gasteiger partial charge in [-0.05, 0) is 37.2 Å². The van der Waals surface area contributed by atoms with Gasteiger partial charge in [0.05, 0.1) is 0 Å². The zero-order valence-electron chi connectivity index (χ0n) is 11.4. The third-order valence-corrected chi connectivity index (χ3v) is 4.51. The molecule has 2 atom stereocenters. The number of allylic oxidation sites excluding steroid dienone is 2. The van der Waals surface area contributed by atoms with Crippen LogP contribution < -0.4 is 0 Å². The van der Waals surface area contributed by atoms with Gasteiger partial charge in [0.25, 0.3) is 0 Å². The third-order valence-electron chi connectivity index (χ3n) is 4.51. The van der Waals surface area contributed by atoms with Crippen LogP contribution in [0.3, 0.4) is 0 Å². The summed E-state index contributed by atoms with van der Waals surface area (Å²) in [6, 6.07) is 0. The highest BCUT2D eigenvalue weighted by Crippen LogP contribution is 2.40. The Bertz CT molecular complexity index is 301. The Hall–Kier alpha value is -0.590. The van der Waals surface area contributed by atoms with E-state index in [2.05, 4.69) is 13.8 Å². The Morgan fingerprint density at radius 3 is 2.41 bits per heavy atom. The van der Waals surface area contributed by atoms with E-state index in [0.29, 0.717) is 23.5 Å². The van der Waals surface area contributed by atoms with Crippen molar-refractivity contribution in [2.24, 2.45) is 17.8 Å². The largest absolute Gasteiger partial charge is 0.295 e. The molecule has 1 saturated carbocycles. The van der Waals surface area contributed by atoms with Crippen molar-refractivity contribution in [3.8, 4) is 0 Å². The van der Waals surface area contributed by atoms with Gasteiger partial charge in [-0.15, -0.1) is 0 Å². The molecule has 2 rings (SSSR count). The van der Waals surface area contributed by atoms with Gasteiger partial charge in [0, 0.05) is 5.92 Å². The van der Waals surface area contributed by atoms with Crippen molar-refractivity contribution < 1.29 is 4.79 Å². The van der Waals surface area contributed by atoms with E-state index in [-0.39, 0.29) is 0 Å². The maximum Gasteiger partial charge on any atom is 0.159 e. The second kappa shape index (κ2) is 5.84. The molecule has 0 aromatic carbocycles. The summed E-state index contributed by atoms with van der Waals surface area (Å²) in [7, 11) is 0. The van der Waals surface area contributed by atoms with Gasteiger partial charge in [-0.1, -0.05) is 51.5 Å². The van der Waals surface area contributed by atoms with Crippen LogP contribution in [0.5, 0.6) is 0 Å². The molecule has 0 spiro atoms. The Balaban J connectivity index is 2.09. The van der Waals surface area contributed by atoms with Crippen molar-refractivity contribution in [3.63, 3.8) is 0 Å². The average Bonchev–Trinajstić information content (AvgIpc) is 2.60. The molecule has 1 nitrogen and oxygen atoms in total. The van der Waals surface area contributed by atoms with Crippen LogP contribution in [0.4, 0.5) is 0 Å². The molecule has 96 valence electrons. The molecule has 2 unspecified atom stereocenters. The van der Waals surface area contributed by atoms with Crippen molar-refractivity contribution in [1.82, 2.24) is 0 Å². The van der Waals surface area contributed by atoms with Crippen LogP contribution in [0, 0.1) is 17.8 Å². The number of hydrogen-bond acceptors (Lipinski definition) is 1. The van der Waals surface area contributed by atoms with E-state index in [9.17, 15) is 4.79 Å². The zero-order valence-corrected chi connectivity index (χ0v) is 11.4. The van der Waals surface area contributed by atoms with E-state index in [1.54, 1.807) is 0 Å². The molecule has 0 radical (unpaired) electrons. The molecule has 1 heteroatoms. The van der Waals surface area contributed by atoms with Crippen LogP contribution in [0.25, 0.3) is 0 Å². The van der Waals surface area contributed by atoms with Crippen LogP contribution in [0.1, 0.15) is 65.2 Å². The first-order chi connectivity index (χ1) is 8.20. The first kappa shape index (κ1) is 12.9. The van der Waals surface area contributed by atoms with Crippen molar-refractivity contribution in [2.45, 2.75) is 65.2 Å². The summed E-state index contributed by atoms with van der Waals surface area (Å²) in [5, 5.41) is 0. The lowest BCUT2D eigenvalue weighted by Gasteiger charge is -2.25. The van der Waals surface area contributed by atoms with E-state index in [0.717, 1.165) is 0 Å². The summed E-state index contributed by atoms with van der Waals surface area (Å²) in [6.07, 6.45) is 12.5. The van der Waals surface area contributed by atoms with Gasteiger partial charge in [0.2, 0.25) is 0 Å². The lowest BCUT2D eigenvalue weighted by Crippen LogP contribution is -2.23. The molecular weight excluding hydrogens is 208 g/mol. The number of ketones is 1. The van der Waals surface area contributed by atoms with Gasteiger partial charge >= 0.3 is 0 Å². The number of rotatable bonds is 1. The molecule has 0 saturated heterocycles. The summed E-state index contributed by atoms with van der Waals surface area (Å²) in [5.41, 5.74) is 1.48. The Kier molecular flexibility index (Phi) is 4.42. The topological polar surface area (TPSA) is 17.1 Å². The normalized spacial score (nSPS) is 31.2. The smallest absolute Gasteiger partial charge is 0.159 e. The molecular formula is C16H26O. The fourth-order valence-electron chi connectivity index (χ4n) is 3.63. The molecule has 0 N–H and O–H groups in total. The summed E-state index contributed by atoms with van der Waals surface area (Å²) in [4.78, 5) is 12.1. The summed E-state index contributed by atoms with van der Waals surface area (Å²) in [6.45, 7) is 4.41. The van der Waals surface area contributed by atoms with Gasteiger partial charge < -0.3 is 0 Å². The number of carbonyl (C=O) groups excluding carboxylic acids is 1. The Morgan fingerprint density at radius 2 is 1.71 bits per heavy atom. The molecule has 2 aliphatic carbocycles. The van der Waals surface area contributed by atoms with Gasteiger partial charge in [0.1, 0.15) is 0 Å². The second-order valence-corrected chi connectivity index (χ2v) is 6.16. The zero-order chi connectivity index (χ0) is 12.3. The molecule has 1 fully saturated rings. The Morgan fingerprint density at radius 1 is 1.06 bits per heavy atom. The minimum atomic E-state index is 0.296. The fraction of sp³-hybridized carbons (Fsp3) is 0.812. The van der Waals surface area contributed by atoms with Crippen LogP contribution in [0.2, 0.25) is 0 Å². The Labute approximate surface area is 106 Å². The van der Waals surface area contributed by atoms with Crippen LogP contribution in [-0.4, -0.2) is 5.78 Å². The van der Waals surface area contributed by atoms with Crippen LogP contribution >= 0.6 is 0 Å². The highest BCUT2D eigenvalue weighted by molar-refractivity contribution is 5.95. The molecule has 0 bridgehead atoms. The highest BCUT2D eigenvalue weighted by Gasteiger charge is 2.36. The van der Waals surface area contributed by atoms with E-state index in [1.165, 1.54) is 56.9 Å². The SMILES string of the molecule is CC(C)C1C(=O)C=C2CCCCCCCCC21. The molecule has 0 heterocycles. The van der Waals surface area contributed by atoms with E-state index in [4.69, 9.17) is 0 Å². The second-order valence-electron chi connectivity index (χ2n) is 6.16. The molecule has 17 heavy (non-hydrogen) atoms. The molecule has 2 aliphatic rings. The van der Waals surface area contributed by atoms with E-state index >= 15 is 0 Å². The van der Waals surface area contributed by atoms with E-state index in [1.807, 2.05) is 6.08 Å². The highest BCUT2D eigenvalue weighted by atomic mass is 16.1. The van der Waals surface area contributed by atoms with Crippen molar-refractivity contribution >= 4 is 5.78 Å². The standard InChI is InChI=1S/C16H26O/c1-12(2)16-14-10-8-6-4-3-5-7-9-13(14)11-15(16)17/h11-12,14,16H,3-10H2,1-2H3. The van der Waals surface area contributed by atoms with Crippen LogP contribution in [0.15, 0.2) is 11.6 Å². The third kappa shape index (κ3) is 3.00. The summed E-state index contributed by atoms with van der Waals surface area (Å²) < 4.78 is 0. The van der Waals surface area contributed by atoms with Crippen LogP contribution in [-0.2, 0) is 4.79 Å². The fourth-order valence-corrected chi connectivity index (χ4v) is 3.63. The van der Waals surface area contributed by atoms with Crippen molar-refractivity contribution in [1.29, 1.82) is 0 Å². The van der Waals surface area contributed by atoms with Gasteiger partial charge in [-0.25, -0.2) is 0 Å². The van der Waals surface area contributed by atoms with Crippen molar-refractivity contribution in [3.05, 3.63) is 11.6 Å². The molecule has 0 aromatic heterocycles. The number of hydrogen-bond donors (Lipinski definition) is 0. The predicted molar refractivity (Wildman–Crippen MR) is 71.8 cm³/mol. The van der Waals surface area contributed by atoms with Gasteiger partial charge in [-0.3, -0.25) is 4.79 Å². The number of carbonyl (C=O) groups is 1. The average molecular weight is 234 g/mol. The molecule has 0 aliphatic heterocycles. The summed E-state index contributed by atoms with van der Waals surface area (Å²) >= 11 is 0. The monoisotopic (exact) mass is 234 g/mol. The maximum atomic E-state index is 12.1. The van der Waals surface area contributed by atoms with Crippen molar-refractivity contribution in [2.75, 3.05) is 0 Å². The van der Waals surface area contributed by atoms with Gasteiger partial charge in [0.15, 0.2) is 5.78 Å². The lowest BCUT2D eigenvalue weighted by molar-refractivity contribution is -0.119. The minimum Gasteiger partial charge on any atom is -0.295 e. The predicted octanol–water partition coefficient (Wildman–Crippen LogP) is 4.52. The maximum absolute atomic E-state index is 12.1. The summed E-state index contributed by atoms with van der Waals surface area (Å²) in [5.74, 6) is 1.80. The first-order valence-corrected chi connectivity index (χ1v) is 7.44. The quantitative estimate of drug-likeness (QED) is 0.652. The molecule has 0 amide bonds. The lowest BCUT2D eigenvalue weighted by atomic mass is 9.78. The number of fused-ring (bicyclic) bond motifs is 1. The van der Waals surface area contributed by atoms with Gasteiger partial charge in [-0.2, -0.15) is 0 Å². The minimum absolute atomic E-state index is 0.296. The molecule has 0 aromatic rings.